The molecule has 0 atom stereocenters. The first kappa shape index (κ1) is 15.9. The first-order valence-corrected chi connectivity index (χ1v) is 6.80. The van der Waals surface area contributed by atoms with E-state index in [4.69, 9.17) is 5.11 Å². The highest BCUT2D eigenvalue weighted by atomic mass is 16.6. The summed E-state index contributed by atoms with van der Waals surface area (Å²) in [5.74, 6) is -0.725. The van der Waals surface area contributed by atoms with Gasteiger partial charge in [-0.05, 0) is 25.3 Å². The minimum atomic E-state index is -0.725. The number of fused-ring (bicyclic) bond motifs is 1. The van der Waals surface area contributed by atoms with Crippen LogP contribution in [0.1, 0.15) is 35.7 Å². The smallest absolute Gasteiger partial charge is 0.344 e. The van der Waals surface area contributed by atoms with Crippen LogP contribution in [0.5, 0.6) is 0 Å². The van der Waals surface area contributed by atoms with Crippen LogP contribution in [0.3, 0.4) is 0 Å². The third-order valence-electron chi connectivity index (χ3n) is 3.69. The second-order valence-electron chi connectivity index (χ2n) is 4.87. The number of aromatic nitrogens is 2. The summed E-state index contributed by atoms with van der Waals surface area (Å²) in [6, 6.07) is 3.17. The van der Waals surface area contributed by atoms with Gasteiger partial charge >= 0.3 is 5.97 Å². The molecule has 0 radical (unpaired) electrons. The van der Waals surface area contributed by atoms with Crippen LogP contribution >= 0.6 is 0 Å². The second-order valence-corrected chi connectivity index (χ2v) is 4.87. The van der Waals surface area contributed by atoms with Crippen molar-refractivity contribution in [2.24, 2.45) is 0 Å². The Kier molecular flexibility index (Phi) is 4.71. The van der Waals surface area contributed by atoms with Crippen LogP contribution in [-0.2, 0) is 4.74 Å². The third kappa shape index (κ3) is 2.77. The minimum absolute atomic E-state index is 0.0659. The Morgan fingerprint density at radius 3 is 2.64 bits per heavy atom. The molecule has 1 aromatic carbocycles. The number of aliphatic hydroxyl groups excluding tert-OH is 1. The lowest BCUT2D eigenvalue weighted by Crippen LogP contribution is -2.17. The van der Waals surface area contributed by atoms with E-state index in [0.717, 1.165) is 20.0 Å². The van der Waals surface area contributed by atoms with Crippen molar-refractivity contribution in [3.05, 3.63) is 34.0 Å². The summed E-state index contributed by atoms with van der Waals surface area (Å²) >= 11 is 0. The van der Waals surface area contributed by atoms with Gasteiger partial charge in [0, 0.05) is 24.8 Å². The van der Waals surface area contributed by atoms with E-state index < -0.39 is 10.9 Å². The molecule has 1 fully saturated rings. The fourth-order valence-electron chi connectivity index (χ4n) is 2.34. The normalized spacial score (nSPS) is 14.0. The van der Waals surface area contributed by atoms with Crippen molar-refractivity contribution in [1.82, 2.24) is 9.78 Å². The number of carbonyl (C=O) groups excluding carboxylic acids is 1. The van der Waals surface area contributed by atoms with E-state index in [1.54, 1.807) is 6.20 Å². The zero-order valence-electron chi connectivity index (χ0n) is 12.4. The molecule has 1 heterocycles. The summed E-state index contributed by atoms with van der Waals surface area (Å²) in [5, 5.41) is 23.1. The molecule has 1 aliphatic rings. The molecule has 0 bridgehead atoms. The standard InChI is InChI=1S/C13H13N3O4.CH4O/c1-20-13(17)10-6-11-8(5-12(10)16(18)19)7-15(14-11)9-3-2-4-9;1-2/h5-7,9H,2-4H2,1H3;2H,1H3. The number of esters is 1. The second kappa shape index (κ2) is 6.52. The summed E-state index contributed by atoms with van der Waals surface area (Å²) in [6.45, 7) is 0. The predicted octanol–water partition coefficient (Wildman–Crippen LogP) is 2.06. The Balaban J connectivity index is 0.000000847. The summed E-state index contributed by atoms with van der Waals surface area (Å²) < 4.78 is 6.42. The molecule has 8 nitrogen and oxygen atoms in total. The van der Waals surface area contributed by atoms with E-state index in [0.29, 0.717) is 16.9 Å². The summed E-state index contributed by atoms with van der Waals surface area (Å²) in [5.41, 5.74) is 0.254. The predicted molar refractivity (Wildman–Crippen MR) is 78.8 cm³/mol. The summed E-state index contributed by atoms with van der Waals surface area (Å²) in [7, 11) is 2.20. The number of aliphatic hydroxyl groups is 1. The molecule has 0 amide bonds. The van der Waals surface area contributed by atoms with E-state index in [1.165, 1.54) is 25.7 Å². The van der Waals surface area contributed by atoms with Gasteiger partial charge < -0.3 is 9.84 Å². The fourth-order valence-corrected chi connectivity index (χ4v) is 2.34. The van der Waals surface area contributed by atoms with E-state index in [-0.39, 0.29) is 11.3 Å². The van der Waals surface area contributed by atoms with Gasteiger partial charge in [-0.3, -0.25) is 14.8 Å². The highest BCUT2D eigenvalue weighted by molar-refractivity contribution is 5.99. The van der Waals surface area contributed by atoms with Gasteiger partial charge in [-0.25, -0.2) is 4.79 Å². The first-order valence-electron chi connectivity index (χ1n) is 6.80. The molecule has 1 saturated carbocycles. The molecule has 2 aromatic rings. The lowest BCUT2D eigenvalue weighted by Gasteiger charge is -2.25. The Hall–Kier alpha value is -2.48. The number of nitrogens with zero attached hydrogens (tertiary/aromatic N) is 3. The summed E-state index contributed by atoms with van der Waals surface area (Å²) in [4.78, 5) is 22.1. The van der Waals surface area contributed by atoms with E-state index >= 15 is 0 Å². The SMILES string of the molecule is CO.COC(=O)c1cc2nn(C3CCC3)cc2cc1[N+](=O)[O-]. The topological polar surface area (TPSA) is 107 Å². The molecular weight excluding hydrogens is 290 g/mol. The average molecular weight is 307 g/mol. The average Bonchev–Trinajstić information content (AvgIpc) is 2.87. The molecule has 0 saturated heterocycles. The zero-order valence-corrected chi connectivity index (χ0v) is 12.4. The number of hydrogen-bond donors (Lipinski definition) is 1. The molecule has 22 heavy (non-hydrogen) atoms. The zero-order chi connectivity index (χ0) is 16.3. The van der Waals surface area contributed by atoms with Gasteiger partial charge in [0.15, 0.2) is 0 Å². The van der Waals surface area contributed by atoms with Crippen LogP contribution < -0.4 is 0 Å². The first-order chi connectivity index (χ1) is 10.6. The summed E-state index contributed by atoms with van der Waals surface area (Å²) in [6.07, 6.45) is 5.11. The maximum Gasteiger partial charge on any atom is 0.344 e. The number of ether oxygens (including phenoxy) is 1. The van der Waals surface area contributed by atoms with E-state index in [2.05, 4.69) is 9.84 Å². The third-order valence-corrected chi connectivity index (χ3v) is 3.69. The number of methoxy groups -OCH3 is 1. The lowest BCUT2D eigenvalue weighted by atomic mass is 9.93. The minimum Gasteiger partial charge on any atom is -0.465 e. The van der Waals surface area contributed by atoms with Gasteiger partial charge in [-0.15, -0.1) is 0 Å². The van der Waals surface area contributed by atoms with Gasteiger partial charge in [0.25, 0.3) is 5.69 Å². The number of benzene rings is 1. The molecule has 8 heteroatoms. The number of carbonyl (C=O) groups is 1. The molecule has 0 unspecified atom stereocenters. The Morgan fingerprint density at radius 1 is 1.45 bits per heavy atom. The maximum absolute atomic E-state index is 11.6. The quantitative estimate of drug-likeness (QED) is 0.528. The van der Waals surface area contributed by atoms with Crippen molar-refractivity contribution in [3.63, 3.8) is 0 Å². The fraction of sp³-hybridized carbons (Fsp3) is 0.429. The number of nitro groups is 1. The van der Waals surface area contributed by atoms with Crippen LogP contribution in [0.25, 0.3) is 10.9 Å². The van der Waals surface area contributed by atoms with Gasteiger partial charge in [-0.2, -0.15) is 5.10 Å². The molecule has 3 rings (SSSR count). The van der Waals surface area contributed by atoms with Gasteiger partial charge in [0.2, 0.25) is 0 Å². The van der Waals surface area contributed by atoms with Gasteiger partial charge in [0.1, 0.15) is 5.56 Å². The molecule has 1 aliphatic carbocycles. The largest absolute Gasteiger partial charge is 0.465 e. The lowest BCUT2D eigenvalue weighted by molar-refractivity contribution is -0.385. The molecule has 0 spiro atoms. The Morgan fingerprint density at radius 2 is 2.14 bits per heavy atom. The molecular formula is C14H17N3O5. The van der Waals surface area contributed by atoms with Crippen LogP contribution in [0.15, 0.2) is 18.3 Å². The van der Waals surface area contributed by atoms with Crippen molar-refractivity contribution in [2.75, 3.05) is 14.2 Å². The molecule has 0 aliphatic heterocycles. The number of rotatable bonds is 3. The van der Waals surface area contributed by atoms with Crippen LogP contribution in [0.4, 0.5) is 5.69 Å². The van der Waals surface area contributed by atoms with Crippen molar-refractivity contribution in [3.8, 4) is 0 Å². The van der Waals surface area contributed by atoms with Crippen molar-refractivity contribution in [1.29, 1.82) is 0 Å². The number of nitro benzene ring substituents is 1. The van der Waals surface area contributed by atoms with Crippen molar-refractivity contribution < 1.29 is 19.6 Å². The van der Waals surface area contributed by atoms with Crippen LogP contribution in [0, 0.1) is 10.1 Å². The molecule has 118 valence electrons. The Bertz CT molecular complexity index is 706. The Labute approximate surface area is 126 Å². The highest BCUT2D eigenvalue weighted by Crippen LogP contribution is 2.33. The van der Waals surface area contributed by atoms with E-state index in [1.807, 2.05) is 4.68 Å². The van der Waals surface area contributed by atoms with Crippen LogP contribution in [0.2, 0.25) is 0 Å². The monoisotopic (exact) mass is 307 g/mol. The highest BCUT2D eigenvalue weighted by Gasteiger charge is 2.25. The van der Waals surface area contributed by atoms with E-state index in [9.17, 15) is 14.9 Å². The maximum atomic E-state index is 11.6. The van der Waals surface area contributed by atoms with Gasteiger partial charge in [-0.1, -0.05) is 0 Å². The molecule has 1 N–H and O–H groups in total. The number of hydrogen-bond acceptors (Lipinski definition) is 6. The van der Waals surface area contributed by atoms with Crippen LogP contribution in [-0.4, -0.2) is 40.0 Å². The van der Waals surface area contributed by atoms with Crippen molar-refractivity contribution in [2.45, 2.75) is 25.3 Å². The van der Waals surface area contributed by atoms with Gasteiger partial charge in [0.05, 0.1) is 23.6 Å². The molecule has 1 aromatic heterocycles. The van der Waals surface area contributed by atoms with Crippen molar-refractivity contribution >= 4 is 22.6 Å².